The standard InChI is InChI=1S/C46H28/c1-3-9-29(10-4-1)45(39-27-23-35-19-17-31-13-7-15-33-21-25-37(39)43(35)41(31)33)46(30-11-5-2-6-12-30)40-28-24-36-20-18-32-14-8-16-34-22-26-38(40)44(36)42(32)34/h1-28H/b46-45+. The molecule has 0 aliphatic rings. The molecule has 0 aromatic heterocycles. The lowest BCUT2D eigenvalue weighted by atomic mass is 9.80. The highest BCUT2D eigenvalue weighted by atomic mass is 14.2. The summed E-state index contributed by atoms with van der Waals surface area (Å²) in [5.74, 6) is 0. The fourth-order valence-electron chi connectivity index (χ4n) is 7.99. The predicted octanol–water partition coefficient (Wildman–Crippen LogP) is 12.5. The van der Waals surface area contributed by atoms with Crippen LogP contribution in [0.4, 0.5) is 0 Å². The van der Waals surface area contributed by atoms with Gasteiger partial charge in [0.2, 0.25) is 0 Å². The number of hydrogen-bond acceptors (Lipinski definition) is 0. The van der Waals surface area contributed by atoms with E-state index in [2.05, 4.69) is 170 Å². The Labute approximate surface area is 267 Å². The zero-order valence-corrected chi connectivity index (χ0v) is 25.2. The van der Waals surface area contributed by atoms with Crippen LogP contribution in [0.1, 0.15) is 22.3 Å². The third-order valence-corrected chi connectivity index (χ3v) is 9.97. The molecule has 10 aromatic carbocycles. The first-order valence-corrected chi connectivity index (χ1v) is 16.0. The summed E-state index contributed by atoms with van der Waals surface area (Å²) in [6.07, 6.45) is 0. The average molecular weight is 581 g/mol. The van der Waals surface area contributed by atoms with E-state index in [0.717, 1.165) is 0 Å². The van der Waals surface area contributed by atoms with Crippen LogP contribution >= 0.6 is 0 Å². The summed E-state index contributed by atoms with van der Waals surface area (Å²) in [5, 5.41) is 15.6. The molecule has 0 heterocycles. The fraction of sp³-hybridized carbons (Fsp3) is 0. The molecule has 0 aliphatic heterocycles. The van der Waals surface area contributed by atoms with Gasteiger partial charge in [0, 0.05) is 0 Å². The van der Waals surface area contributed by atoms with Gasteiger partial charge >= 0.3 is 0 Å². The van der Waals surface area contributed by atoms with Crippen LogP contribution in [0.5, 0.6) is 0 Å². The Morgan fingerprint density at radius 1 is 0.239 bits per heavy atom. The Kier molecular flexibility index (Phi) is 5.38. The smallest absolute Gasteiger partial charge is 0.00203 e. The molecule has 0 radical (unpaired) electrons. The molecule has 0 heteroatoms. The lowest BCUT2D eigenvalue weighted by Crippen LogP contribution is -2.00. The Hall–Kier alpha value is -5.98. The van der Waals surface area contributed by atoms with E-state index in [9.17, 15) is 0 Å². The van der Waals surface area contributed by atoms with Gasteiger partial charge in [0.25, 0.3) is 0 Å². The van der Waals surface area contributed by atoms with Crippen LogP contribution in [-0.2, 0) is 0 Å². The van der Waals surface area contributed by atoms with E-state index in [-0.39, 0.29) is 0 Å². The van der Waals surface area contributed by atoms with Crippen molar-refractivity contribution in [3.05, 3.63) is 192 Å². The lowest BCUT2D eigenvalue weighted by molar-refractivity contribution is 1.54. The highest BCUT2D eigenvalue weighted by molar-refractivity contribution is 6.28. The zero-order chi connectivity index (χ0) is 30.2. The second kappa shape index (κ2) is 9.76. The van der Waals surface area contributed by atoms with Crippen LogP contribution in [-0.4, -0.2) is 0 Å². The van der Waals surface area contributed by atoms with Gasteiger partial charge in [-0.1, -0.05) is 170 Å². The molecule has 0 spiro atoms. The van der Waals surface area contributed by atoms with Gasteiger partial charge in [-0.3, -0.25) is 0 Å². The first-order chi connectivity index (χ1) is 22.8. The Morgan fingerprint density at radius 3 is 0.957 bits per heavy atom. The van der Waals surface area contributed by atoms with Gasteiger partial charge in [-0.05, 0) is 98.0 Å². The summed E-state index contributed by atoms with van der Waals surface area (Å²) < 4.78 is 0. The minimum atomic E-state index is 1.21. The molecule has 0 nitrogen and oxygen atoms in total. The Bertz CT molecular complexity index is 2540. The van der Waals surface area contributed by atoms with Gasteiger partial charge in [-0.2, -0.15) is 0 Å². The van der Waals surface area contributed by atoms with E-state index in [1.807, 2.05) is 0 Å². The molecule has 0 atom stereocenters. The molecule has 0 amide bonds. The summed E-state index contributed by atoms with van der Waals surface area (Å²) >= 11 is 0. The van der Waals surface area contributed by atoms with Crippen LogP contribution in [0.25, 0.3) is 75.8 Å². The maximum atomic E-state index is 2.35. The molecule has 212 valence electrons. The van der Waals surface area contributed by atoms with Gasteiger partial charge < -0.3 is 0 Å². The number of benzene rings is 10. The molecule has 46 heavy (non-hydrogen) atoms. The quantitative estimate of drug-likeness (QED) is 0.143. The molecule has 10 aromatic rings. The van der Waals surface area contributed by atoms with Crippen molar-refractivity contribution in [3.63, 3.8) is 0 Å². The summed E-state index contributed by atoms with van der Waals surface area (Å²) in [6.45, 7) is 0. The molecule has 0 unspecified atom stereocenters. The SMILES string of the molecule is c1ccc(/C(=C(/c2ccccc2)c2ccc3ccc4cccc5ccc2c3c45)c2ccc3ccc4cccc5ccc2c3c45)cc1. The topological polar surface area (TPSA) is 0 Å². The van der Waals surface area contributed by atoms with Crippen molar-refractivity contribution in [1.82, 2.24) is 0 Å². The summed E-state index contributed by atoms with van der Waals surface area (Å²) in [5.41, 5.74) is 7.42. The van der Waals surface area contributed by atoms with Crippen LogP contribution < -0.4 is 0 Å². The van der Waals surface area contributed by atoms with Crippen molar-refractivity contribution in [2.75, 3.05) is 0 Å². The molecule has 0 fully saturated rings. The maximum Gasteiger partial charge on any atom is -0.00203 e. The summed E-state index contributed by atoms with van der Waals surface area (Å²) in [6, 6.07) is 63.0. The first kappa shape index (κ1) is 25.4. The summed E-state index contributed by atoms with van der Waals surface area (Å²) in [4.78, 5) is 0. The highest BCUT2D eigenvalue weighted by Crippen LogP contribution is 2.46. The molecular weight excluding hydrogens is 553 g/mol. The third kappa shape index (κ3) is 3.62. The van der Waals surface area contributed by atoms with Gasteiger partial charge in [-0.25, -0.2) is 0 Å². The normalized spacial score (nSPS) is 12.7. The van der Waals surface area contributed by atoms with Gasteiger partial charge in [0.15, 0.2) is 0 Å². The first-order valence-electron chi connectivity index (χ1n) is 16.0. The minimum Gasteiger partial charge on any atom is -0.0622 e. The van der Waals surface area contributed by atoms with Crippen LogP contribution in [0.3, 0.4) is 0 Å². The van der Waals surface area contributed by atoms with Gasteiger partial charge in [-0.15, -0.1) is 0 Å². The zero-order valence-electron chi connectivity index (χ0n) is 25.2. The van der Waals surface area contributed by atoms with E-state index in [1.54, 1.807) is 0 Å². The molecular formula is C46H28. The maximum absolute atomic E-state index is 2.35. The molecule has 10 rings (SSSR count). The van der Waals surface area contributed by atoms with Crippen molar-refractivity contribution < 1.29 is 0 Å². The molecule has 0 N–H and O–H groups in total. The molecule has 0 aliphatic carbocycles. The van der Waals surface area contributed by atoms with Crippen molar-refractivity contribution in [3.8, 4) is 0 Å². The van der Waals surface area contributed by atoms with Crippen molar-refractivity contribution in [2.24, 2.45) is 0 Å². The summed E-state index contributed by atoms with van der Waals surface area (Å²) in [7, 11) is 0. The van der Waals surface area contributed by atoms with E-state index < -0.39 is 0 Å². The van der Waals surface area contributed by atoms with Crippen LogP contribution in [0.2, 0.25) is 0 Å². The predicted molar refractivity (Wildman–Crippen MR) is 198 cm³/mol. The Balaban J connectivity index is 1.41. The van der Waals surface area contributed by atoms with Crippen molar-refractivity contribution in [2.45, 2.75) is 0 Å². The van der Waals surface area contributed by atoms with Gasteiger partial charge in [0.05, 0.1) is 0 Å². The number of hydrogen-bond donors (Lipinski definition) is 0. The fourth-order valence-corrected chi connectivity index (χ4v) is 7.99. The third-order valence-electron chi connectivity index (χ3n) is 9.97. The van der Waals surface area contributed by atoms with Crippen molar-refractivity contribution in [1.29, 1.82) is 0 Å². The minimum absolute atomic E-state index is 1.21. The second-order valence-corrected chi connectivity index (χ2v) is 12.4. The lowest BCUT2D eigenvalue weighted by Gasteiger charge is -2.22. The highest BCUT2D eigenvalue weighted by Gasteiger charge is 2.22. The van der Waals surface area contributed by atoms with Crippen LogP contribution in [0.15, 0.2) is 170 Å². The van der Waals surface area contributed by atoms with Crippen LogP contribution in [0, 0.1) is 0 Å². The molecule has 0 saturated carbocycles. The second-order valence-electron chi connectivity index (χ2n) is 12.4. The van der Waals surface area contributed by atoms with Gasteiger partial charge in [0.1, 0.15) is 0 Å². The van der Waals surface area contributed by atoms with E-state index in [0.29, 0.717) is 0 Å². The molecule has 0 saturated heterocycles. The Morgan fingerprint density at radius 2 is 0.565 bits per heavy atom. The van der Waals surface area contributed by atoms with E-state index in [1.165, 1.54) is 98.0 Å². The monoisotopic (exact) mass is 580 g/mol. The largest absolute Gasteiger partial charge is 0.0622 e. The average Bonchev–Trinajstić information content (AvgIpc) is 3.13. The van der Waals surface area contributed by atoms with E-state index >= 15 is 0 Å². The van der Waals surface area contributed by atoms with Crippen molar-refractivity contribution >= 4 is 75.8 Å². The molecule has 0 bridgehead atoms. The van der Waals surface area contributed by atoms with E-state index in [4.69, 9.17) is 0 Å². The number of rotatable bonds is 4.